The van der Waals surface area contributed by atoms with Gasteiger partial charge in [0.25, 0.3) is 0 Å². The van der Waals surface area contributed by atoms with E-state index in [2.05, 4.69) is 13.8 Å². The Labute approximate surface area is 107 Å². The van der Waals surface area contributed by atoms with Gasteiger partial charge in [-0.1, -0.05) is 18.5 Å². The summed E-state index contributed by atoms with van der Waals surface area (Å²) >= 11 is 6.00. The fraction of sp³-hybridized carbons (Fsp3) is 0.571. The third-order valence-corrected chi connectivity index (χ3v) is 4.83. The van der Waals surface area contributed by atoms with E-state index in [1.54, 1.807) is 0 Å². The highest BCUT2D eigenvalue weighted by Gasteiger charge is 2.57. The summed E-state index contributed by atoms with van der Waals surface area (Å²) < 4.78 is 6.23. The first-order valence-electron chi connectivity index (χ1n) is 6.18. The molecule has 1 saturated carbocycles. The molecular weight excluding hydrogens is 234 g/mol. The van der Waals surface area contributed by atoms with Crippen molar-refractivity contribution < 1.29 is 4.74 Å². The number of halogens is 1. The van der Waals surface area contributed by atoms with Crippen molar-refractivity contribution in [2.24, 2.45) is 11.1 Å². The Bertz CT molecular complexity index is 469. The molecule has 2 atom stereocenters. The van der Waals surface area contributed by atoms with Gasteiger partial charge in [-0.15, -0.1) is 0 Å². The summed E-state index contributed by atoms with van der Waals surface area (Å²) in [6.07, 6.45) is 3.34. The van der Waals surface area contributed by atoms with Crippen LogP contribution in [0.3, 0.4) is 0 Å². The van der Waals surface area contributed by atoms with Crippen LogP contribution in [0.25, 0.3) is 0 Å². The summed E-state index contributed by atoms with van der Waals surface area (Å²) in [6, 6.07) is 5.77. The van der Waals surface area contributed by atoms with Crippen molar-refractivity contribution in [2.45, 2.75) is 44.8 Å². The largest absolute Gasteiger partial charge is 0.487 e. The Morgan fingerprint density at radius 1 is 1.35 bits per heavy atom. The Hall–Kier alpha value is -0.730. The van der Waals surface area contributed by atoms with Gasteiger partial charge in [-0.25, -0.2) is 0 Å². The van der Waals surface area contributed by atoms with Crippen molar-refractivity contribution in [3.63, 3.8) is 0 Å². The molecule has 1 fully saturated rings. The molecule has 2 N–H and O–H groups in total. The van der Waals surface area contributed by atoms with Crippen LogP contribution in [0.5, 0.6) is 5.75 Å². The van der Waals surface area contributed by atoms with Gasteiger partial charge in [0.2, 0.25) is 0 Å². The number of hydrogen-bond acceptors (Lipinski definition) is 2. The number of ether oxygens (including phenoxy) is 1. The third-order valence-electron chi connectivity index (χ3n) is 4.59. The molecule has 0 aromatic heterocycles. The van der Waals surface area contributed by atoms with E-state index in [0.29, 0.717) is 5.41 Å². The van der Waals surface area contributed by atoms with Gasteiger partial charge in [0.15, 0.2) is 0 Å². The maximum Gasteiger partial charge on any atom is 0.125 e. The molecule has 17 heavy (non-hydrogen) atoms. The molecule has 2 nitrogen and oxygen atoms in total. The number of benzene rings is 1. The summed E-state index contributed by atoms with van der Waals surface area (Å²) in [5, 5.41) is 0.726. The van der Waals surface area contributed by atoms with E-state index in [-0.39, 0.29) is 11.6 Å². The maximum absolute atomic E-state index is 6.28. The average Bonchev–Trinajstić information content (AvgIpc) is 3.00. The lowest BCUT2D eigenvalue weighted by Gasteiger charge is -2.43. The number of hydrogen-bond donors (Lipinski definition) is 1. The van der Waals surface area contributed by atoms with Crippen LogP contribution in [0.4, 0.5) is 0 Å². The van der Waals surface area contributed by atoms with E-state index in [1.807, 2.05) is 18.2 Å². The minimum absolute atomic E-state index is 0.0277. The lowest BCUT2D eigenvalue weighted by Crippen LogP contribution is -2.46. The summed E-state index contributed by atoms with van der Waals surface area (Å²) in [7, 11) is 0. The minimum Gasteiger partial charge on any atom is -0.487 e. The zero-order chi connectivity index (χ0) is 12.3. The van der Waals surface area contributed by atoms with Gasteiger partial charge in [-0.05, 0) is 38.0 Å². The monoisotopic (exact) mass is 251 g/mol. The summed E-state index contributed by atoms with van der Waals surface area (Å²) in [6.45, 7) is 4.48. The highest BCUT2D eigenvalue weighted by Crippen LogP contribution is 2.59. The molecule has 3 heteroatoms. The Morgan fingerprint density at radius 2 is 2.06 bits per heavy atom. The molecule has 1 aliphatic carbocycles. The maximum atomic E-state index is 6.28. The van der Waals surface area contributed by atoms with Crippen LogP contribution in [-0.2, 0) is 0 Å². The van der Waals surface area contributed by atoms with Gasteiger partial charge in [-0.2, -0.15) is 0 Å². The molecule has 2 aliphatic rings. The molecule has 0 bridgehead atoms. The van der Waals surface area contributed by atoms with Crippen molar-refractivity contribution in [1.29, 1.82) is 0 Å². The quantitative estimate of drug-likeness (QED) is 0.826. The highest BCUT2D eigenvalue weighted by molar-refractivity contribution is 6.30. The minimum atomic E-state index is -0.132. The van der Waals surface area contributed by atoms with Crippen molar-refractivity contribution in [1.82, 2.24) is 0 Å². The molecule has 1 aromatic rings. The molecule has 0 amide bonds. The van der Waals surface area contributed by atoms with E-state index >= 15 is 0 Å². The Kier molecular flexibility index (Phi) is 2.27. The van der Waals surface area contributed by atoms with Gasteiger partial charge in [0.05, 0.1) is 0 Å². The van der Waals surface area contributed by atoms with Crippen LogP contribution in [0, 0.1) is 5.41 Å². The van der Waals surface area contributed by atoms with Gasteiger partial charge in [0.1, 0.15) is 11.4 Å². The van der Waals surface area contributed by atoms with E-state index in [9.17, 15) is 0 Å². The van der Waals surface area contributed by atoms with Crippen LogP contribution in [0.15, 0.2) is 18.2 Å². The van der Waals surface area contributed by atoms with Crippen LogP contribution < -0.4 is 10.5 Å². The average molecular weight is 252 g/mol. The molecule has 0 spiro atoms. The fourth-order valence-corrected chi connectivity index (χ4v) is 2.98. The topological polar surface area (TPSA) is 35.2 Å². The summed E-state index contributed by atoms with van der Waals surface area (Å²) in [5.41, 5.74) is 7.48. The zero-order valence-corrected chi connectivity index (χ0v) is 11.1. The second-order valence-corrected chi connectivity index (χ2v) is 6.32. The van der Waals surface area contributed by atoms with E-state index in [1.165, 1.54) is 12.8 Å². The molecule has 0 radical (unpaired) electrons. The molecular formula is C14H18ClNO. The van der Waals surface area contributed by atoms with E-state index < -0.39 is 0 Å². The molecule has 92 valence electrons. The summed E-state index contributed by atoms with van der Waals surface area (Å²) in [5.74, 6) is 0.906. The molecule has 1 aliphatic heterocycles. The lowest BCUT2D eigenvalue weighted by molar-refractivity contribution is -0.00892. The lowest BCUT2D eigenvalue weighted by atomic mass is 9.78. The molecule has 0 saturated heterocycles. The van der Waals surface area contributed by atoms with Crippen molar-refractivity contribution in [2.75, 3.05) is 0 Å². The number of fused-ring (bicyclic) bond motifs is 1. The Morgan fingerprint density at radius 3 is 2.71 bits per heavy atom. The summed E-state index contributed by atoms with van der Waals surface area (Å²) in [4.78, 5) is 0. The van der Waals surface area contributed by atoms with Gasteiger partial charge < -0.3 is 10.5 Å². The first-order chi connectivity index (χ1) is 7.94. The molecule has 3 rings (SSSR count). The SMILES string of the molecule is CC1(C2(C)C[C@H](N)c3cc(Cl)ccc3O2)CC1. The molecule has 1 heterocycles. The van der Waals surface area contributed by atoms with Crippen molar-refractivity contribution in [3.8, 4) is 5.75 Å². The molecule has 1 unspecified atom stereocenters. The third kappa shape index (κ3) is 1.66. The highest BCUT2D eigenvalue weighted by atomic mass is 35.5. The predicted octanol–water partition coefficient (Wildman–Crippen LogP) is 3.68. The van der Waals surface area contributed by atoms with Crippen molar-refractivity contribution in [3.05, 3.63) is 28.8 Å². The van der Waals surface area contributed by atoms with Crippen LogP contribution in [0.1, 0.15) is 44.7 Å². The van der Waals surface area contributed by atoms with Crippen LogP contribution in [-0.4, -0.2) is 5.60 Å². The van der Waals surface area contributed by atoms with Crippen molar-refractivity contribution >= 4 is 11.6 Å². The fourth-order valence-electron chi connectivity index (χ4n) is 2.80. The van der Waals surface area contributed by atoms with E-state index in [4.69, 9.17) is 22.1 Å². The second kappa shape index (κ2) is 3.39. The van der Waals surface area contributed by atoms with Gasteiger partial charge in [0, 0.05) is 28.5 Å². The normalized spacial score (nSPS) is 33.8. The van der Waals surface area contributed by atoms with E-state index in [0.717, 1.165) is 22.8 Å². The Balaban J connectivity index is 2.01. The predicted molar refractivity (Wildman–Crippen MR) is 69.4 cm³/mol. The van der Waals surface area contributed by atoms with Crippen LogP contribution >= 0.6 is 11.6 Å². The van der Waals surface area contributed by atoms with Gasteiger partial charge >= 0.3 is 0 Å². The first-order valence-corrected chi connectivity index (χ1v) is 6.55. The first kappa shape index (κ1) is 11.4. The standard InChI is InChI=1S/C14H18ClNO/c1-13(5-6-13)14(2)8-11(16)10-7-9(15)3-4-12(10)17-14/h3-4,7,11H,5-6,8,16H2,1-2H3/t11-,14?/m0/s1. The van der Waals surface area contributed by atoms with Gasteiger partial charge in [-0.3, -0.25) is 0 Å². The molecule has 1 aromatic carbocycles. The number of nitrogens with two attached hydrogens (primary N) is 1. The second-order valence-electron chi connectivity index (χ2n) is 5.89. The smallest absolute Gasteiger partial charge is 0.125 e. The number of rotatable bonds is 1. The van der Waals surface area contributed by atoms with Crippen LogP contribution in [0.2, 0.25) is 5.02 Å². The zero-order valence-electron chi connectivity index (χ0n) is 10.3.